The van der Waals surface area contributed by atoms with Gasteiger partial charge in [0.05, 0.1) is 0 Å². The minimum absolute atomic E-state index is 0.600. The SMILES string of the molecule is Cc1cnc(N[C]=O)s1. The maximum absolute atomic E-state index is 9.71. The van der Waals surface area contributed by atoms with E-state index in [-0.39, 0.29) is 0 Å². The zero-order valence-corrected chi connectivity index (χ0v) is 5.66. The molecule has 0 fully saturated rings. The number of hydrogen-bond acceptors (Lipinski definition) is 3. The van der Waals surface area contributed by atoms with E-state index in [1.54, 1.807) is 12.6 Å². The van der Waals surface area contributed by atoms with Crippen LogP contribution in [0.1, 0.15) is 4.88 Å². The van der Waals surface area contributed by atoms with Crippen LogP contribution in [0.5, 0.6) is 0 Å². The number of anilines is 1. The van der Waals surface area contributed by atoms with Gasteiger partial charge in [-0.3, -0.25) is 10.1 Å². The molecule has 0 saturated heterocycles. The van der Waals surface area contributed by atoms with Crippen molar-refractivity contribution in [1.82, 2.24) is 4.98 Å². The molecule has 1 aromatic rings. The number of amides is 1. The van der Waals surface area contributed by atoms with E-state index in [4.69, 9.17) is 0 Å². The molecule has 0 unspecified atom stereocenters. The molecule has 9 heavy (non-hydrogen) atoms. The van der Waals surface area contributed by atoms with Crippen LogP contribution in [0.4, 0.5) is 5.13 Å². The Morgan fingerprint density at radius 3 is 3.11 bits per heavy atom. The minimum Gasteiger partial charge on any atom is -0.294 e. The van der Waals surface area contributed by atoms with Crippen LogP contribution in [0.25, 0.3) is 0 Å². The lowest BCUT2D eigenvalue weighted by Crippen LogP contribution is -1.90. The summed E-state index contributed by atoms with van der Waals surface area (Å²) in [6, 6.07) is 0. The van der Waals surface area contributed by atoms with E-state index < -0.39 is 0 Å². The molecule has 0 saturated carbocycles. The molecule has 1 aromatic heterocycles. The summed E-state index contributed by atoms with van der Waals surface area (Å²) in [5, 5.41) is 2.93. The highest BCUT2D eigenvalue weighted by Crippen LogP contribution is 2.14. The van der Waals surface area contributed by atoms with Crippen molar-refractivity contribution in [3.63, 3.8) is 0 Å². The van der Waals surface area contributed by atoms with Crippen molar-refractivity contribution in [3.8, 4) is 0 Å². The first-order chi connectivity index (χ1) is 4.33. The third-order valence-electron chi connectivity index (χ3n) is 0.779. The Balaban J connectivity index is 2.72. The number of nitrogens with one attached hydrogen (secondary N) is 1. The lowest BCUT2D eigenvalue weighted by molar-refractivity contribution is 0.561. The van der Waals surface area contributed by atoms with Crippen molar-refractivity contribution < 1.29 is 4.79 Å². The fraction of sp³-hybridized carbons (Fsp3) is 0.200. The zero-order chi connectivity index (χ0) is 6.69. The van der Waals surface area contributed by atoms with Crippen LogP contribution in [0, 0.1) is 6.92 Å². The molecule has 1 N–H and O–H groups in total. The molecule has 1 radical (unpaired) electrons. The van der Waals surface area contributed by atoms with Gasteiger partial charge < -0.3 is 0 Å². The van der Waals surface area contributed by atoms with Crippen LogP contribution in [-0.2, 0) is 4.79 Å². The Labute approximate surface area is 56.7 Å². The highest BCUT2D eigenvalue weighted by molar-refractivity contribution is 7.15. The molecule has 1 heterocycles. The number of rotatable bonds is 2. The monoisotopic (exact) mass is 141 g/mol. The van der Waals surface area contributed by atoms with E-state index in [2.05, 4.69) is 10.3 Å². The van der Waals surface area contributed by atoms with Gasteiger partial charge in [-0.2, -0.15) is 0 Å². The van der Waals surface area contributed by atoms with Gasteiger partial charge in [0.2, 0.25) is 0 Å². The number of carbonyl (C=O) groups excluding carboxylic acids is 1. The van der Waals surface area contributed by atoms with Gasteiger partial charge in [-0.1, -0.05) is 0 Å². The Kier molecular flexibility index (Phi) is 1.79. The maximum Gasteiger partial charge on any atom is 0.315 e. The summed E-state index contributed by atoms with van der Waals surface area (Å²) in [4.78, 5) is 14.6. The number of aryl methyl sites for hydroxylation is 1. The second kappa shape index (κ2) is 2.59. The first kappa shape index (κ1) is 6.22. The van der Waals surface area contributed by atoms with Gasteiger partial charge in [-0.25, -0.2) is 4.98 Å². The van der Waals surface area contributed by atoms with E-state index in [9.17, 15) is 4.79 Å². The summed E-state index contributed by atoms with van der Waals surface area (Å²) in [5.41, 5.74) is 0. The van der Waals surface area contributed by atoms with E-state index in [0.717, 1.165) is 4.88 Å². The zero-order valence-electron chi connectivity index (χ0n) is 4.84. The summed E-state index contributed by atoms with van der Waals surface area (Å²) in [6.07, 6.45) is 3.24. The van der Waals surface area contributed by atoms with Gasteiger partial charge in [-0.15, -0.1) is 11.3 Å². The topological polar surface area (TPSA) is 42.0 Å². The fourth-order valence-corrected chi connectivity index (χ4v) is 1.06. The predicted molar refractivity (Wildman–Crippen MR) is 36.2 cm³/mol. The number of thiazole rings is 1. The third-order valence-corrected chi connectivity index (χ3v) is 1.61. The van der Waals surface area contributed by atoms with E-state index in [0.29, 0.717) is 5.13 Å². The van der Waals surface area contributed by atoms with Crippen LogP contribution < -0.4 is 5.32 Å². The lowest BCUT2D eigenvalue weighted by atomic mass is 10.7. The quantitative estimate of drug-likeness (QED) is 0.622. The Morgan fingerprint density at radius 2 is 2.67 bits per heavy atom. The second-order valence-corrected chi connectivity index (χ2v) is 2.74. The lowest BCUT2D eigenvalue weighted by Gasteiger charge is -1.82. The van der Waals surface area contributed by atoms with E-state index in [1.165, 1.54) is 11.3 Å². The summed E-state index contributed by atoms with van der Waals surface area (Å²) in [6.45, 7) is 1.92. The Hall–Kier alpha value is -0.900. The van der Waals surface area contributed by atoms with E-state index in [1.807, 2.05) is 6.92 Å². The Morgan fingerprint density at radius 1 is 1.89 bits per heavy atom. The van der Waals surface area contributed by atoms with Crippen LogP contribution in [-0.4, -0.2) is 11.4 Å². The Bertz CT molecular complexity index is 208. The van der Waals surface area contributed by atoms with Gasteiger partial charge in [0.25, 0.3) is 0 Å². The highest BCUT2D eigenvalue weighted by atomic mass is 32.1. The van der Waals surface area contributed by atoms with Gasteiger partial charge in [-0.05, 0) is 6.92 Å². The van der Waals surface area contributed by atoms with Gasteiger partial charge >= 0.3 is 6.41 Å². The standard InChI is InChI=1S/C5H5N2OS/c1-4-2-6-5(9-4)7-3-8/h2H,1H3,(H,6,7,8). The van der Waals surface area contributed by atoms with Crippen LogP contribution in [0.15, 0.2) is 6.20 Å². The van der Waals surface area contributed by atoms with Crippen molar-refractivity contribution in [1.29, 1.82) is 0 Å². The number of nitrogens with zero attached hydrogens (tertiary/aromatic N) is 1. The average Bonchev–Trinajstić information content (AvgIpc) is 2.17. The second-order valence-electron chi connectivity index (χ2n) is 1.50. The molecule has 0 spiro atoms. The van der Waals surface area contributed by atoms with Gasteiger partial charge in [0.15, 0.2) is 5.13 Å². The molecule has 4 heteroatoms. The molecule has 0 aliphatic heterocycles. The first-order valence-electron chi connectivity index (χ1n) is 2.38. The van der Waals surface area contributed by atoms with Crippen molar-refractivity contribution in [2.75, 3.05) is 5.32 Å². The fourth-order valence-electron chi connectivity index (χ4n) is 0.456. The highest BCUT2D eigenvalue weighted by Gasteiger charge is 1.93. The molecule has 1 rings (SSSR count). The van der Waals surface area contributed by atoms with Crippen LogP contribution in [0.2, 0.25) is 0 Å². The average molecular weight is 141 g/mol. The molecule has 0 atom stereocenters. The molecule has 1 amide bonds. The smallest absolute Gasteiger partial charge is 0.294 e. The maximum atomic E-state index is 9.71. The predicted octanol–water partition coefficient (Wildman–Crippen LogP) is 0.931. The van der Waals surface area contributed by atoms with Crippen molar-refractivity contribution >= 4 is 22.9 Å². The third kappa shape index (κ3) is 1.50. The molecule has 0 aromatic carbocycles. The van der Waals surface area contributed by atoms with Gasteiger partial charge in [0.1, 0.15) is 0 Å². The van der Waals surface area contributed by atoms with Crippen molar-refractivity contribution in [2.45, 2.75) is 6.92 Å². The van der Waals surface area contributed by atoms with Gasteiger partial charge in [0, 0.05) is 11.1 Å². The summed E-state index contributed by atoms with van der Waals surface area (Å²) in [7, 11) is 0. The first-order valence-corrected chi connectivity index (χ1v) is 3.20. The largest absolute Gasteiger partial charge is 0.315 e. The van der Waals surface area contributed by atoms with Crippen molar-refractivity contribution in [3.05, 3.63) is 11.1 Å². The number of aromatic nitrogens is 1. The summed E-state index contributed by atoms with van der Waals surface area (Å²) < 4.78 is 0. The molecule has 3 nitrogen and oxygen atoms in total. The molecular formula is C5H5N2OS. The summed E-state index contributed by atoms with van der Waals surface area (Å²) >= 11 is 1.43. The molecule has 47 valence electrons. The minimum atomic E-state index is 0.600. The molecule has 0 aliphatic rings. The molecule has 0 bridgehead atoms. The molecule has 0 aliphatic carbocycles. The van der Waals surface area contributed by atoms with E-state index >= 15 is 0 Å². The summed E-state index contributed by atoms with van der Waals surface area (Å²) in [5.74, 6) is 0. The molecular weight excluding hydrogens is 136 g/mol. The number of hydrogen-bond donors (Lipinski definition) is 1. The van der Waals surface area contributed by atoms with Crippen molar-refractivity contribution in [2.24, 2.45) is 0 Å². The normalized spacial score (nSPS) is 9.00. The van der Waals surface area contributed by atoms with Crippen LogP contribution in [0.3, 0.4) is 0 Å². The van der Waals surface area contributed by atoms with Crippen LogP contribution >= 0.6 is 11.3 Å².